The first-order chi connectivity index (χ1) is 24.0. The predicted octanol–water partition coefficient (Wildman–Crippen LogP) is 5.36. The quantitative estimate of drug-likeness (QED) is 0.204. The van der Waals surface area contributed by atoms with Crippen molar-refractivity contribution >= 4 is 64.3 Å². The fourth-order valence-electron chi connectivity index (χ4n) is 6.64. The van der Waals surface area contributed by atoms with Crippen LogP contribution in [0.2, 0.25) is 10.0 Å². The Kier molecular flexibility index (Phi) is 9.57. The summed E-state index contributed by atoms with van der Waals surface area (Å²) in [4.78, 5) is 73.7. The number of nitrogens with one attached hydrogen (secondary N) is 1. The van der Waals surface area contributed by atoms with E-state index in [0.717, 1.165) is 12.1 Å². The normalized spacial score (nSPS) is 20.6. The molecule has 2 atom stereocenters. The second-order valence-electron chi connectivity index (χ2n) is 12.9. The molecule has 3 aromatic rings. The minimum atomic E-state index is -4.89. The number of hydrogen-bond acceptors (Lipinski definition) is 8. The molecule has 1 N–H and O–H groups in total. The molecule has 17 heteroatoms. The van der Waals surface area contributed by atoms with Crippen molar-refractivity contribution in [2.75, 3.05) is 24.6 Å². The minimum absolute atomic E-state index is 0.0449. The lowest BCUT2D eigenvalue weighted by atomic mass is 9.91. The summed E-state index contributed by atoms with van der Waals surface area (Å²) in [5, 5.41) is 3.31. The van der Waals surface area contributed by atoms with Gasteiger partial charge in [-0.15, -0.1) is 13.2 Å². The molecule has 6 rings (SSSR count). The van der Waals surface area contributed by atoms with E-state index < -0.39 is 46.9 Å². The molecule has 2 aliphatic heterocycles. The van der Waals surface area contributed by atoms with Gasteiger partial charge in [0.15, 0.2) is 0 Å². The monoisotopic (exact) mass is 749 g/mol. The van der Waals surface area contributed by atoms with E-state index >= 15 is 0 Å². The SMILES string of the molecule is CCOC(=O)CC(=O)[C@@H]1CCN(C(=O)C2(NC(=O)c3cnc4n3[C@](C)(Cc3ccc(OC(F)(F)F)cc3)C(=O)N4c3cc(Cl)cc(Cl)c3)CC2)C1. The van der Waals surface area contributed by atoms with Gasteiger partial charge in [0.25, 0.3) is 11.8 Å². The molecule has 3 amide bonds. The van der Waals surface area contributed by atoms with Crippen molar-refractivity contribution in [1.82, 2.24) is 19.8 Å². The maximum atomic E-state index is 14.3. The highest BCUT2D eigenvalue weighted by atomic mass is 35.5. The zero-order valence-electron chi connectivity index (χ0n) is 27.4. The van der Waals surface area contributed by atoms with Crippen LogP contribution in [0.1, 0.15) is 55.6 Å². The fraction of sp³-hybridized carbons (Fsp3) is 0.412. The molecule has 51 heavy (non-hydrogen) atoms. The third-order valence-corrected chi connectivity index (χ3v) is 9.65. The van der Waals surface area contributed by atoms with E-state index in [2.05, 4.69) is 15.0 Å². The third kappa shape index (κ3) is 7.27. The van der Waals surface area contributed by atoms with Gasteiger partial charge in [0, 0.05) is 35.5 Å². The number of ketones is 1. The first kappa shape index (κ1) is 36.2. The summed E-state index contributed by atoms with van der Waals surface area (Å²) in [5.74, 6) is -3.44. The lowest BCUT2D eigenvalue weighted by Crippen LogP contribution is -2.51. The van der Waals surface area contributed by atoms with Crippen LogP contribution >= 0.6 is 23.2 Å². The number of imidazole rings is 1. The van der Waals surface area contributed by atoms with Gasteiger partial charge in [0.1, 0.15) is 34.7 Å². The van der Waals surface area contributed by atoms with Crippen molar-refractivity contribution in [3.63, 3.8) is 0 Å². The van der Waals surface area contributed by atoms with Gasteiger partial charge in [-0.2, -0.15) is 0 Å². The Bertz CT molecular complexity index is 1890. The maximum Gasteiger partial charge on any atom is 0.573 e. The number of ether oxygens (including phenoxy) is 2. The zero-order chi connectivity index (χ0) is 36.9. The molecular formula is C34H32Cl2F3N5O7. The highest BCUT2D eigenvalue weighted by Gasteiger charge is 2.56. The molecule has 0 bridgehead atoms. The number of anilines is 2. The van der Waals surface area contributed by atoms with E-state index in [1.807, 2.05) is 0 Å². The zero-order valence-corrected chi connectivity index (χ0v) is 28.9. The van der Waals surface area contributed by atoms with Gasteiger partial charge in [-0.05, 0) is 69.0 Å². The van der Waals surface area contributed by atoms with Gasteiger partial charge >= 0.3 is 12.3 Å². The van der Waals surface area contributed by atoms with Crippen LogP contribution in [0.4, 0.5) is 24.8 Å². The molecule has 0 radical (unpaired) electrons. The summed E-state index contributed by atoms with van der Waals surface area (Å²) in [5.41, 5.74) is -2.11. The van der Waals surface area contributed by atoms with Crippen molar-refractivity contribution in [3.05, 3.63) is 70.0 Å². The Morgan fingerprint density at radius 2 is 1.73 bits per heavy atom. The van der Waals surface area contributed by atoms with Gasteiger partial charge in [0.2, 0.25) is 11.9 Å². The summed E-state index contributed by atoms with van der Waals surface area (Å²) >= 11 is 12.5. The van der Waals surface area contributed by atoms with E-state index in [0.29, 0.717) is 24.8 Å². The minimum Gasteiger partial charge on any atom is -0.466 e. The summed E-state index contributed by atoms with van der Waals surface area (Å²) in [6.45, 7) is 3.74. The van der Waals surface area contributed by atoms with Crippen LogP contribution in [0.3, 0.4) is 0 Å². The van der Waals surface area contributed by atoms with Gasteiger partial charge in [-0.1, -0.05) is 35.3 Å². The second-order valence-corrected chi connectivity index (χ2v) is 13.8. The van der Waals surface area contributed by atoms with E-state index in [-0.39, 0.29) is 71.6 Å². The van der Waals surface area contributed by atoms with Gasteiger partial charge in [-0.25, -0.2) is 9.88 Å². The average molecular weight is 751 g/mol. The predicted molar refractivity (Wildman–Crippen MR) is 177 cm³/mol. The number of aromatic nitrogens is 2. The molecule has 3 heterocycles. The summed E-state index contributed by atoms with van der Waals surface area (Å²) in [6, 6.07) is 9.49. The topological polar surface area (TPSA) is 140 Å². The van der Waals surface area contributed by atoms with E-state index in [1.54, 1.807) is 13.8 Å². The highest BCUT2D eigenvalue weighted by Crippen LogP contribution is 2.45. The Morgan fingerprint density at radius 3 is 2.33 bits per heavy atom. The standard InChI is InChI=1S/C34H32Cl2F3N5O7/c1-3-50-27(46)15-26(45)20-8-11-42(18-20)30(49)33(9-10-33)41-28(47)25-17-40-31-43(23-13-21(35)12-22(36)14-23)29(48)32(2,44(25)31)16-19-4-6-24(7-5-19)51-34(37,38)39/h4-7,12-14,17,20H,3,8-11,15-16,18H2,1-2H3,(H,41,47)/t20-,32-/m1/s1. The molecule has 1 saturated carbocycles. The molecule has 3 aliphatic rings. The lowest BCUT2D eigenvalue weighted by Gasteiger charge is -2.28. The Hall–Kier alpha value is -4.63. The summed E-state index contributed by atoms with van der Waals surface area (Å²) < 4.78 is 48.6. The molecular weight excluding hydrogens is 718 g/mol. The van der Waals surface area contributed by atoms with Crippen LogP contribution in [0.15, 0.2) is 48.7 Å². The number of esters is 1. The number of halogens is 5. The number of alkyl halides is 3. The number of amides is 3. The smallest absolute Gasteiger partial charge is 0.466 e. The summed E-state index contributed by atoms with van der Waals surface area (Å²) in [7, 11) is 0. The van der Waals surface area contributed by atoms with Crippen LogP contribution in [-0.4, -0.2) is 75.5 Å². The Balaban J connectivity index is 1.27. The van der Waals surface area contributed by atoms with Crippen LogP contribution < -0.4 is 15.0 Å². The molecule has 1 aliphatic carbocycles. The van der Waals surface area contributed by atoms with E-state index in [9.17, 15) is 37.1 Å². The number of Topliss-reactive ketones (excluding diaryl/α,β-unsaturated/α-hetero) is 1. The number of likely N-dealkylation sites (tertiary alicyclic amines) is 1. The summed E-state index contributed by atoms with van der Waals surface area (Å²) in [6.07, 6.45) is -3.02. The van der Waals surface area contributed by atoms with Crippen LogP contribution in [0, 0.1) is 5.92 Å². The molecule has 0 spiro atoms. The average Bonchev–Trinajstić information content (AvgIpc) is 3.37. The van der Waals surface area contributed by atoms with Crippen molar-refractivity contribution in [1.29, 1.82) is 0 Å². The molecule has 2 aromatic carbocycles. The second kappa shape index (κ2) is 13.5. The number of carbonyl (C=O) groups is 5. The molecule has 270 valence electrons. The Labute approximate surface area is 299 Å². The first-order valence-corrected chi connectivity index (χ1v) is 16.8. The number of fused-ring (bicyclic) bond motifs is 1. The van der Waals surface area contributed by atoms with Crippen molar-refractivity contribution in [2.24, 2.45) is 5.92 Å². The number of rotatable bonds is 11. The van der Waals surface area contributed by atoms with E-state index in [1.165, 1.54) is 50.9 Å². The number of nitrogens with zero attached hydrogens (tertiary/aromatic N) is 4. The fourth-order valence-corrected chi connectivity index (χ4v) is 7.16. The first-order valence-electron chi connectivity index (χ1n) is 16.1. The van der Waals surface area contributed by atoms with Crippen LogP contribution in [0.5, 0.6) is 5.75 Å². The van der Waals surface area contributed by atoms with Crippen LogP contribution in [0.25, 0.3) is 0 Å². The lowest BCUT2D eigenvalue weighted by molar-refractivity contribution is -0.274. The Morgan fingerprint density at radius 1 is 1.06 bits per heavy atom. The van der Waals surface area contributed by atoms with Crippen molar-refractivity contribution in [2.45, 2.75) is 63.4 Å². The highest BCUT2D eigenvalue weighted by molar-refractivity contribution is 6.35. The largest absolute Gasteiger partial charge is 0.573 e. The van der Waals surface area contributed by atoms with Crippen molar-refractivity contribution in [3.8, 4) is 5.75 Å². The van der Waals surface area contributed by atoms with Gasteiger partial charge < -0.3 is 19.7 Å². The van der Waals surface area contributed by atoms with Gasteiger partial charge in [0.05, 0.1) is 18.5 Å². The number of hydrogen-bond donors (Lipinski definition) is 1. The molecule has 1 saturated heterocycles. The number of benzene rings is 2. The van der Waals surface area contributed by atoms with E-state index in [4.69, 9.17) is 27.9 Å². The van der Waals surface area contributed by atoms with Crippen LogP contribution in [-0.2, 0) is 35.9 Å². The molecule has 12 nitrogen and oxygen atoms in total. The molecule has 1 aromatic heterocycles. The maximum absolute atomic E-state index is 14.3. The number of carbonyl (C=O) groups excluding carboxylic acids is 5. The van der Waals surface area contributed by atoms with Gasteiger partial charge in [-0.3, -0.25) is 28.5 Å². The van der Waals surface area contributed by atoms with Crippen molar-refractivity contribution < 1.29 is 46.6 Å². The molecule has 0 unspecified atom stereocenters. The molecule has 2 fully saturated rings. The third-order valence-electron chi connectivity index (χ3n) is 9.21.